The molecule has 4 nitrogen and oxygen atoms in total. The summed E-state index contributed by atoms with van der Waals surface area (Å²) in [5.41, 5.74) is 0.0202. The number of carbonyl (C=O) groups is 2. The van der Waals surface area contributed by atoms with Crippen LogP contribution in [-0.2, 0) is 4.74 Å². The molecular weight excluding hydrogens is 256 g/mol. The number of carbonyl (C=O) groups excluding carboxylic acids is 1. The molecule has 0 heterocycles. The summed E-state index contributed by atoms with van der Waals surface area (Å²) in [5, 5.41) is 8.70. The van der Waals surface area contributed by atoms with E-state index in [-0.39, 0.29) is 11.1 Å². The van der Waals surface area contributed by atoms with E-state index in [9.17, 15) is 9.59 Å². The van der Waals surface area contributed by atoms with Gasteiger partial charge in [0.25, 0.3) is 0 Å². The van der Waals surface area contributed by atoms with E-state index in [2.05, 4.69) is 11.7 Å². The minimum atomic E-state index is -1.14. The molecule has 0 bridgehead atoms. The zero-order valence-electron chi connectivity index (χ0n) is 12.1. The minimum Gasteiger partial charge on any atom is -0.478 e. The fourth-order valence-corrected chi connectivity index (χ4v) is 2.26. The maximum absolute atomic E-state index is 11.1. The molecule has 110 valence electrons. The number of methoxy groups -OCH3 is 1. The Bertz CT molecular complexity index is 448. The molecule has 1 N–H and O–H groups in total. The first kappa shape index (κ1) is 16.2. The third-order valence-electron chi connectivity index (χ3n) is 3.46. The largest absolute Gasteiger partial charge is 0.478 e. The molecule has 20 heavy (non-hydrogen) atoms. The van der Waals surface area contributed by atoms with Crippen LogP contribution in [0.15, 0.2) is 24.3 Å². The smallest absolute Gasteiger partial charge is 0.338 e. The maximum atomic E-state index is 11.1. The number of ether oxygens (including phenoxy) is 1. The van der Waals surface area contributed by atoms with Crippen LogP contribution in [0.25, 0.3) is 0 Å². The SMILES string of the molecule is CC1CCCCC1.COC(=O)c1ccccc1C(=O)O. The summed E-state index contributed by atoms with van der Waals surface area (Å²) in [6.45, 7) is 2.36. The Morgan fingerprint density at radius 3 is 2.05 bits per heavy atom. The van der Waals surface area contributed by atoms with Crippen molar-refractivity contribution in [1.82, 2.24) is 0 Å². The molecule has 0 spiro atoms. The van der Waals surface area contributed by atoms with E-state index in [4.69, 9.17) is 5.11 Å². The second-order valence-electron chi connectivity index (χ2n) is 5.09. The standard InChI is InChI=1S/C9H8O4.C7H14/c1-13-9(12)7-5-3-2-4-6(7)8(10)11;1-7-5-3-2-4-6-7/h2-5H,1H3,(H,10,11);7H,2-6H2,1H3. The van der Waals surface area contributed by atoms with Gasteiger partial charge in [0.05, 0.1) is 18.2 Å². The number of hydrogen-bond acceptors (Lipinski definition) is 3. The van der Waals surface area contributed by atoms with Crippen molar-refractivity contribution in [3.63, 3.8) is 0 Å². The molecule has 0 aliphatic heterocycles. The summed E-state index contributed by atoms with van der Waals surface area (Å²) in [6, 6.07) is 5.90. The summed E-state index contributed by atoms with van der Waals surface area (Å²) < 4.78 is 4.42. The van der Waals surface area contributed by atoms with Crippen molar-refractivity contribution in [2.24, 2.45) is 5.92 Å². The molecule has 0 saturated heterocycles. The van der Waals surface area contributed by atoms with Gasteiger partial charge in [-0.25, -0.2) is 9.59 Å². The number of rotatable bonds is 2. The first-order valence-corrected chi connectivity index (χ1v) is 6.97. The highest BCUT2D eigenvalue weighted by molar-refractivity contribution is 6.02. The number of esters is 1. The van der Waals surface area contributed by atoms with E-state index in [1.807, 2.05) is 0 Å². The van der Waals surface area contributed by atoms with Crippen LogP contribution in [0.4, 0.5) is 0 Å². The summed E-state index contributed by atoms with van der Waals surface area (Å²) in [7, 11) is 1.21. The van der Waals surface area contributed by atoms with Crippen molar-refractivity contribution in [3.05, 3.63) is 35.4 Å². The van der Waals surface area contributed by atoms with Crippen molar-refractivity contribution in [2.75, 3.05) is 7.11 Å². The fraction of sp³-hybridized carbons (Fsp3) is 0.500. The van der Waals surface area contributed by atoms with Gasteiger partial charge in [0, 0.05) is 0 Å². The Morgan fingerprint density at radius 1 is 1.10 bits per heavy atom. The quantitative estimate of drug-likeness (QED) is 0.837. The summed E-state index contributed by atoms with van der Waals surface area (Å²) in [4.78, 5) is 21.7. The molecule has 0 amide bonds. The van der Waals surface area contributed by atoms with Crippen molar-refractivity contribution >= 4 is 11.9 Å². The van der Waals surface area contributed by atoms with Gasteiger partial charge in [0.15, 0.2) is 0 Å². The van der Waals surface area contributed by atoms with Crippen LogP contribution in [0.3, 0.4) is 0 Å². The van der Waals surface area contributed by atoms with Crippen LogP contribution >= 0.6 is 0 Å². The van der Waals surface area contributed by atoms with Gasteiger partial charge in [-0.15, -0.1) is 0 Å². The highest BCUT2D eigenvalue weighted by Crippen LogP contribution is 2.22. The summed E-state index contributed by atoms with van der Waals surface area (Å²) in [6.07, 6.45) is 7.44. The predicted molar refractivity (Wildman–Crippen MR) is 77.0 cm³/mol. The normalized spacial score (nSPS) is 14.9. The van der Waals surface area contributed by atoms with Gasteiger partial charge in [-0.3, -0.25) is 0 Å². The van der Waals surface area contributed by atoms with Gasteiger partial charge >= 0.3 is 11.9 Å². The molecule has 0 atom stereocenters. The molecule has 1 aliphatic rings. The maximum Gasteiger partial charge on any atom is 0.338 e. The summed E-state index contributed by atoms with van der Waals surface area (Å²) in [5.74, 6) is -0.743. The predicted octanol–water partition coefficient (Wildman–Crippen LogP) is 3.76. The number of carboxylic acids is 1. The second kappa shape index (κ2) is 8.35. The topological polar surface area (TPSA) is 63.6 Å². The van der Waals surface area contributed by atoms with E-state index < -0.39 is 11.9 Å². The van der Waals surface area contributed by atoms with Crippen molar-refractivity contribution in [2.45, 2.75) is 39.0 Å². The zero-order chi connectivity index (χ0) is 15.0. The lowest BCUT2D eigenvalue weighted by Crippen LogP contribution is -2.09. The average Bonchev–Trinajstić information content (AvgIpc) is 2.48. The minimum absolute atomic E-state index is 0.0469. The van der Waals surface area contributed by atoms with Crippen LogP contribution in [0.2, 0.25) is 0 Å². The molecule has 1 aromatic rings. The third kappa shape index (κ3) is 5.03. The zero-order valence-corrected chi connectivity index (χ0v) is 12.1. The van der Waals surface area contributed by atoms with Crippen LogP contribution in [-0.4, -0.2) is 24.2 Å². The van der Waals surface area contributed by atoms with Crippen molar-refractivity contribution in [3.8, 4) is 0 Å². The van der Waals surface area contributed by atoms with Crippen LogP contribution in [0, 0.1) is 5.92 Å². The molecule has 4 heteroatoms. The van der Waals surface area contributed by atoms with Crippen molar-refractivity contribution < 1.29 is 19.4 Å². The molecule has 0 aromatic heterocycles. The molecule has 2 rings (SSSR count). The first-order valence-electron chi connectivity index (χ1n) is 6.97. The van der Waals surface area contributed by atoms with Gasteiger partial charge in [0.2, 0.25) is 0 Å². The molecule has 1 saturated carbocycles. The van der Waals surface area contributed by atoms with E-state index in [1.54, 1.807) is 12.1 Å². The highest BCUT2D eigenvalue weighted by Gasteiger charge is 2.15. The van der Waals surface area contributed by atoms with Crippen LogP contribution in [0.1, 0.15) is 59.7 Å². The lowest BCUT2D eigenvalue weighted by Gasteiger charge is -2.15. The van der Waals surface area contributed by atoms with Gasteiger partial charge in [-0.05, 0) is 18.1 Å². The molecule has 0 radical (unpaired) electrons. The Morgan fingerprint density at radius 2 is 1.65 bits per heavy atom. The van der Waals surface area contributed by atoms with E-state index >= 15 is 0 Å². The van der Waals surface area contributed by atoms with Gasteiger partial charge in [-0.1, -0.05) is 51.2 Å². The monoisotopic (exact) mass is 278 g/mol. The Balaban J connectivity index is 0.000000240. The molecule has 1 aliphatic carbocycles. The summed E-state index contributed by atoms with van der Waals surface area (Å²) >= 11 is 0. The van der Waals surface area contributed by atoms with E-state index in [0.717, 1.165) is 5.92 Å². The average molecular weight is 278 g/mol. The van der Waals surface area contributed by atoms with Gasteiger partial charge in [0.1, 0.15) is 0 Å². The number of carboxylic acid groups (broad SMARTS) is 1. The van der Waals surface area contributed by atoms with E-state index in [0.29, 0.717) is 0 Å². The van der Waals surface area contributed by atoms with Gasteiger partial charge < -0.3 is 9.84 Å². The van der Waals surface area contributed by atoms with E-state index in [1.165, 1.54) is 51.3 Å². The number of benzene rings is 1. The molecular formula is C16H22O4. The first-order chi connectivity index (χ1) is 9.56. The van der Waals surface area contributed by atoms with Crippen molar-refractivity contribution in [1.29, 1.82) is 0 Å². The molecule has 1 fully saturated rings. The highest BCUT2D eigenvalue weighted by atomic mass is 16.5. The van der Waals surface area contributed by atoms with Gasteiger partial charge in [-0.2, -0.15) is 0 Å². The third-order valence-corrected chi connectivity index (χ3v) is 3.46. The number of hydrogen-bond donors (Lipinski definition) is 1. The molecule has 1 aromatic carbocycles. The Kier molecular flexibility index (Phi) is 6.77. The van der Waals surface area contributed by atoms with Crippen LogP contribution < -0.4 is 0 Å². The lowest BCUT2D eigenvalue weighted by molar-refractivity contribution is 0.0582. The second-order valence-corrected chi connectivity index (χ2v) is 5.09. The van der Waals surface area contributed by atoms with Crippen LogP contribution in [0.5, 0.6) is 0 Å². The Labute approximate surface area is 119 Å². The Hall–Kier alpha value is -1.84. The lowest BCUT2D eigenvalue weighted by atomic mass is 9.91. The molecule has 0 unspecified atom stereocenters. The number of aromatic carboxylic acids is 1. The fourth-order valence-electron chi connectivity index (χ4n) is 2.26.